The monoisotopic (exact) mass is 461 g/mol. The molecule has 2 fully saturated rings. The van der Waals surface area contributed by atoms with E-state index in [1.165, 1.54) is 17.5 Å². The number of benzene rings is 2. The van der Waals surface area contributed by atoms with Crippen molar-refractivity contribution in [1.82, 2.24) is 9.21 Å². The van der Waals surface area contributed by atoms with Gasteiger partial charge in [0.25, 0.3) is 0 Å². The molecule has 0 N–H and O–H groups in total. The highest BCUT2D eigenvalue weighted by atomic mass is 32.2. The lowest BCUT2D eigenvalue weighted by atomic mass is 9.96. The van der Waals surface area contributed by atoms with Crippen molar-refractivity contribution in [3.8, 4) is 5.75 Å². The second-order valence-electron chi connectivity index (χ2n) is 8.12. The quantitative estimate of drug-likeness (QED) is 0.685. The highest BCUT2D eigenvalue weighted by molar-refractivity contribution is 7.89. The largest absolute Gasteiger partial charge is 0.497 e. The molecule has 1 amide bonds. The second kappa shape index (κ2) is 9.46. The average Bonchev–Trinajstić information content (AvgIpc) is 2.84. The number of carbonyl (C=O) groups excluding carboxylic acids is 1. The molecule has 9 heteroatoms. The van der Waals surface area contributed by atoms with Crippen molar-refractivity contribution in [3.05, 3.63) is 54.3 Å². The summed E-state index contributed by atoms with van der Waals surface area (Å²) in [5.41, 5.74) is 0.566. The molecule has 0 spiro atoms. The molecule has 172 valence electrons. The number of hydrogen-bond acceptors (Lipinski definition) is 5. The van der Waals surface area contributed by atoms with Gasteiger partial charge in [-0.2, -0.15) is 4.31 Å². The molecule has 2 aliphatic heterocycles. The van der Waals surface area contributed by atoms with Gasteiger partial charge in [-0.25, -0.2) is 12.8 Å². The zero-order chi connectivity index (χ0) is 22.7. The van der Waals surface area contributed by atoms with E-state index in [0.717, 1.165) is 0 Å². The lowest BCUT2D eigenvalue weighted by Crippen LogP contribution is -2.52. The number of piperidine rings is 1. The zero-order valence-corrected chi connectivity index (χ0v) is 18.9. The first-order valence-corrected chi connectivity index (χ1v) is 12.3. The molecule has 2 aromatic rings. The third-order valence-corrected chi connectivity index (χ3v) is 8.20. The third kappa shape index (κ3) is 4.59. The fourth-order valence-electron chi connectivity index (χ4n) is 4.37. The molecule has 0 aromatic heterocycles. The molecular formula is C23H28FN3O4S. The number of nitrogens with zero attached hydrogens (tertiary/aromatic N) is 3. The van der Waals surface area contributed by atoms with Gasteiger partial charge in [-0.3, -0.25) is 4.79 Å². The fraction of sp³-hybridized carbons (Fsp3) is 0.435. The molecule has 32 heavy (non-hydrogen) atoms. The molecular weight excluding hydrogens is 433 g/mol. The van der Waals surface area contributed by atoms with Crippen molar-refractivity contribution >= 4 is 21.6 Å². The molecule has 7 nitrogen and oxygen atoms in total. The molecule has 2 heterocycles. The number of ether oxygens (including phenoxy) is 1. The summed E-state index contributed by atoms with van der Waals surface area (Å²) < 4.78 is 46.4. The van der Waals surface area contributed by atoms with Crippen LogP contribution in [0.1, 0.15) is 12.8 Å². The number of hydrogen-bond donors (Lipinski definition) is 0. The van der Waals surface area contributed by atoms with Crippen LogP contribution in [0.5, 0.6) is 5.75 Å². The highest BCUT2D eigenvalue weighted by Crippen LogP contribution is 2.27. The maximum Gasteiger partial charge on any atom is 0.243 e. The molecule has 4 rings (SSSR count). The number of rotatable bonds is 5. The van der Waals surface area contributed by atoms with E-state index >= 15 is 0 Å². The van der Waals surface area contributed by atoms with Crippen molar-refractivity contribution in [3.63, 3.8) is 0 Å². The summed E-state index contributed by atoms with van der Waals surface area (Å²) in [6.07, 6.45) is 1.00. The van der Waals surface area contributed by atoms with Crippen LogP contribution in [0.4, 0.5) is 10.1 Å². The molecule has 2 aliphatic rings. The van der Waals surface area contributed by atoms with Crippen molar-refractivity contribution in [2.45, 2.75) is 17.7 Å². The van der Waals surface area contributed by atoms with Crippen molar-refractivity contribution < 1.29 is 22.3 Å². The third-order valence-electron chi connectivity index (χ3n) is 6.28. The van der Waals surface area contributed by atoms with Crippen LogP contribution in [0, 0.1) is 11.7 Å². The van der Waals surface area contributed by atoms with E-state index in [0.29, 0.717) is 63.5 Å². The number of methoxy groups -OCH3 is 1. The van der Waals surface area contributed by atoms with Crippen molar-refractivity contribution in [2.75, 3.05) is 51.3 Å². The number of para-hydroxylation sites is 1. The predicted molar refractivity (Wildman–Crippen MR) is 120 cm³/mol. The van der Waals surface area contributed by atoms with Gasteiger partial charge in [0, 0.05) is 45.2 Å². The molecule has 0 aliphatic carbocycles. The van der Waals surface area contributed by atoms with Crippen LogP contribution in [0.2, 0.25) is 0 Å². The van der Waals surface area contributed by atoms with Gasteiger partial charge in [0.05, 0.1) is 17.7 Å². The van der Waals surface area contributed by atoms with Crippen LogP contribution in [-0.4, -0.2) is 69.9 Å². The minimum atomic E-state index is -3.59. The van der Waals surface area contributed by atoms with Crippen LogP contribution in [-0.2, 0) is 14.8 Å². The molecule has 0 atom stereocenters. The predicted octanol–water partition coefficient (Wildman–Crippen LogP) is 2.58. The Labute approximate surface area is 188 Å². The topological polar surface area (TPSA) is 70.2 Å². The summed E-state index contributed by atoms with van der Waals surface area (Å²) in [5.74, 6) is 0.234. The van der Waals surface area contributed by atoms with Crippen LogP contribution < -0.4 is 9.64 Å². The number of anilines is 1. The minimum absolute atomic E-state index is 0.0691. The van der Waals surface area contributed by atoms with Gasteiger partial charge in [-0.1, -0.05) is 12.1 Å². The summed E-state index contributed by atoms with van der Waals surface area (Å²) in [4.78, 5) is 17.0. The normalized spacial score (nSPS) is 18.6. The Hall–Kier alpha value is -2.65. The van der Waals surface area contributed by atoms with Crippen molar-refractivity contribution in [1.29, 1.82) is 0 Å². The fourth-order valence-corrected chi connectivity index (χ4v) is 5.84. The second-order valence-corrected chi connectivity index (χ2v) is 10.1. The van der Waals surface area contributed by atoms with E-state index in [-0.39, 0.29) is 22.5 Å². The standard InChI is InChI=1S/C23H28FN3O4S/c1-31-19-6-8-20(9-7-19)32(29,30)27-12-10-18(11-13-27)23(28)26-16-14-25(15-17-26)22-5-3-2-4-21(22)24/h2-9,18H,10-17H2,1H3. The first kappa shape index (κ1) is 22.5. The van der Waals surface area contributed by atoms with Crippen LogP contribution in [0.25, 0.3) is 0 Å². The zero-order valence-electron chi connectivity index (χ0n) is 18.1. The first-order valence-electron chi connectivity index (χ1n) is 10.8. The summed E-state index contributed by atoms with van der Waals surface area (Å²) in [7, 11) is -2.06. The van der Waals surface area contributed by atoms with E-state index in [4.69, 9.17) is 4.74 Å². The lowest BCUT2D eigenvalue weighted by molar-refractivity contribution is -0.137. The molecule has 0 saturated carbocycles. The maximum atomic E-state index is 14.0. The van der Waals surface area contributed by atoms with Crippen LogP contribution >= 0.6 is 0 Å². The smallest absolute Gasteiger partial charge is 0.243 e. The molecule has 0 radical (unpaired) electrons. The maximum absolute atomic E-state index is 14.0. The van der Waals surface area contributed by atoms with Gasteiger partial charge < -0.3 is 14.5 Å². The summed E-state index contributed by atoms with van der Waals surface area (Å²) in [6.45, 7) is 2.88. The summed E-state index contributed by atoms with van der Waals surface area (Å²) >= 11 is 0. The molecule has 2 aromatic carbocycles. The first-order chi connectivity index (χ1) is 15.4. The molecule has 0 unspecified atom stereocenters. The minimum Gasteiger partial charge on any atom is -0.497 e. The Balaban J connectivity index is 1.31. The number of halogens is 1. The van der Waals surface area contributed by atoms with Crippen LogP contribution in [0.15, 0.2) is 53.4 Å². The Morgan fingerprint density at radius 2 is 1.56 bits per heavy atom. The van der Waals surface area contributed by atoms with Gasteiger partial charge in [0.15, 0.2) is 0 Å². The Kier molecular flexibility index (Phi) is 6.66. The van der Waals surface area contributed by atoms with Crippen LogP contribution in [0.3, 0.4) is 0 Å². The van der Waals surface area contributed by atoms with Gasteiger partial charge in [0.1, 0.15) is 11.6 Å². The Bertz CT molecular complexity index is 1050. The van der Waals surface area contributed by atoms with Gasteiger partial charge >= 0.3 is 0 Å². The number of piperazine rings is 1. The molecule has 2 saturated heterocycles. The summed E-state index contributed by atoms with van der Waals surface area (Å²) in [5, 5.41) is 0. The number of amides is 1. The van der Waals surface area contributed by atoms with E-state index in [1.54, 1.807) is 36.4 Å². The van der Waals surface area contributed by atoms with Gasteiger partial charge in [0.2, 0.25) is 15.9 Å². The number of carbonyl (C=O) groups is 1. The lowest BCUT2D eigenvalue weighted by Gasteiger charge is -2.39. The van der Waals surface area contributed by atoms with Crippen molar-refractivity contribution in [2.24, 2.45) is 5.92 Å². The summed E-state index contributed by atoms with van der Waals surface area (Å²) in [6, 6.07) is 13.0. The van der Waals surface area contributed by atoms with E-state index in [2.05, 4.69) is 0 Å². The molecule has 0 bridgehead atoms. The van der Waals surface area contributed by atoms with Gasteiger partial charge in [-0.05, 0) is 49.2 Å². The Morgan fingerprint density at radius 1 is 0.938 bits per heavy atom. The SMILES string of the molecule is COc1ccc(S(=O)(=O)N2CCC(C(=O)N3CCN(c4ccccc4F)CC3)CC2)cc1. The van der Waals surface area contributed by atoms with E-state index < -0.39 is 10.0 Å². The highest BCUT2D eigenvalue weighted by Gasteiger charge is 2.34. The Morgan fingerprint density at radius 3 is 2.16 bits per heavy atom. The average molecular weight is 462 g/mol. The van der Waals surface area contributed by atoms with E-state index in [9.17, 15) is 17.6 Å². The number of sulfonamides is 1. The van der Waals surface area contributed by atoms with Gasteiger partial charge in [-0.15, -0.1) is 0 Å². The van der Waals surface area contributed by atoms with E-state index in [1.807, 2.05) is 15.9 Å².